The van der Waals surface area contributed by atoms with E-state index in [4.69, 9.17) is 15.2 Å². The van der Waals surface area contributed by atoms with E-state index in [2.05, 4.69) is 15.3 Å². The molecule has 0 saturated carbocycles. The molecule has 0 aliphatic carbocycles. The van der Waals surface area contributed by atoms with Crippen LogP contribution in [0.2, 0.25) is 0 Å². The number of nitrogens with two attached hydrogens (primary N) is 1. The predicted octanol–water partition coefficient (Wildman–Crippen LogP) is 2.02. The average molecular weight is 512 g/mol. The van der Waals surface area contributed by atoms with Crippen LogP contribution in [0.25, 0.3) is 11.0 Å². The second-order valence-corrected chi connectivity index (χ2v) is 8.59. The first-order valence-electron chi connectivity index (χ1n) is 12.3. The maximum absolute atomic E-state index is 12.7. The number of nitrogen functional groups attached to an aromatic ring is 1. The van der Waals surface area contributed by atoms with Crippen LogP contribution in [0, 0.1) is 0 Å². The van der Waals surface area contributed by atoms with Gasteiger partial charge in [0.05, 0.1) is 18.6 Å². The molecule has 3 aromatic rings. The number of benzene rings is 1. The van der Waals surface area contributed by atoms with E-state index >= 15 is 0 Å². The van der Waals surface area contributed by atoms with Crippen molar-refractivity contribution in [3.63, 3.8) is 0 Å². The van der Waals surface area contributed by atoms with Crippen molar-refractivity contribution in [3.8, 4) is 0 Å². The van der Waals surface area contributed by atoms with Crippen molar-refractivity contribution in [3.05, 3.63) is 57.5 Å². The largest absolute Gasteiger partial charge is 0.466 e. The fraction of sp³-hybridized carbons (Fsp3) is 0.423. The van der Waals surface area contributed by atoms with Gasteiger partial charge in [0.25, 0.3) is 11.5 Å². The molecule has 1 amide bonds. The highest BCUT2D eigenvalue weighted by Crippen LogP contribution is 2.18. The molecule has 3 rings (SSSR count). The van der Waals surface area contributed by atoms with Crippen molar-refractivity contribution in [2.24, 2.45) is 7.05 Å². The number of hydrogen-bond acceptors (Lipinski definition) is 8. The third-order valence-electron chi connectivity index (χ3n) is 5.87. The van der Waals surface area contributed by atoms with Crippen molar-refractivity contribution in [2.75, 3.05) is 18.9 Å². The molecular formula is C26H33N5O6. The van der Waals surface area contributed by atoms with Crippen LogP contribution in [0.1, 0.15) is 54.6 Å². The molecule has 11 heteroatoms. The molecule has 1 atom stereocenters. The monoisotopic (exact) mass is 511 g/mol. The maximum Gasteiger partial charge on any atom is 0.328 e. The van der Waals surface area contributed by atoms with Crippen molar-refractivity contribution in [2.45, 2.75) is 52.0 Å². The van der Waals surface area contributed by atoms with E-state index in [0.29, 0.717) is 23.0 Å². The number of aryl methyl sites for hydroxylation is 3. The fourth-order valence-electron chi connectivity index (χ4n) is 4.11. The van der Waals surface area contributed by atoms with Crippen LogP contribution in [0.15, 0.2) is 35.3 Å². The number of carbonyl (C=O) groups excluding carboxylic acids is 3. The van der Waals surface area contributed by atoms with E-state index in [1.807, 2.05) is 25.4 Å². The minimum Gasteiger partial charge on any atom is -0.466 e. The Bertz CT molecular complexity index is 1310. The highest BCUT2D eigenvalue weighted by atomic mass is 16.5. The topological polar surface area (TPSA) is 158 Å². The third-order valence-corrected chi connectivity index (χ3v) is 5.87. The smallest absolute Gasteiger partial charge is 0.328 e. The van der Waals surface area contributed by atoms with Gasteiger partial charge >= 0.3 is 11.9 Å². The van der Waals surface area contributed by atoms with E-state index in [1.54, 1.807) is 30.5 Å². The van der Waals surface area contributed by atoms with Gasteiger partial charge in [-0.05, 0) is 62.8 Å². The van der Waals surface area contributed by atoms with Gasteiger partial charge < -0.3 is 25.1 Å². The van der Waals surface area contributed by atoms with Crippen LogP contribution < -0.4 is 16.6 Å². The quantitative estimate of drug-likeness (QED) is 0.312. The Morgan fingerprint density at radius 3 is 2.49 bits per heavy atom. The molecule has 0 aliphatic heterocycles. The van der Waals surface area contributed by atoms with Gasteiger partial charge in [-0.1, -0.05) is 12.1 Å². The maximum atomic E-state index is 12.7. The first-order valence-corrected chi connectivity index (χ1v) is 12.3. The molecule has 0 fully saturated rings. The number of rotatable bonds is 12. The number of hydrogen-bond donors (Lipinski definition) is 3. The van der Waals surface area contributed by atoms with Crippen LogP contribution in [0.4, 0.5) is 5.95 Å². The zero-order valence-corrected chi connectivity index (χ0v) is 21.3. The van der Waals surface area contributed by atoms with Gasteiger partial charge in [-0.2, -0.15) is 4.98 Å². The lowest BCUT2D eigenvalue weighted by Crippen LogP contribution is -2.42. The lowest BCUT2D eigenvalue weighted by Gasteiger charge is -2.17. The molecule has 2 heterocycles. The van der Waals surface area contributed by atoms with Gasteiger partial charge in [0.2, 0.25) is 5.95 Å². The predicted molar refractivity (Wildman–Crippen MR) is 138 cm³/mol. The number of nitrogens with zero attached hydrogens (tertiary/aromatic N) is 2. The number of fused-ring (bicyclic) bond motifs is 1. The van der Waals surface area contributed by atoms with Crippen molar-refractivity contribution in [1.29, 1.82) is 0 Å². The lowest BCUT2D eigenvalue weighted by molar-refractivity contribution is -0.146. The summed E-state index contributed by atoms with van der Waals surface area (Å²) in [5.41, 5.74) is 8.26. The summed E-state index contributed by atoms with van der Waals surface area (Å²) in [6.07, 6.45) is 4.16. The molecule has 11 nitrogen and oxygen atoms in total. The normalized spacial score (nSPS) is 11.8. The highest BCUT2D eigenvalue weighted by molar-refractivity contribution is 5.96. The minimum atomic E-state index is -0.954. The summed E-state index contributed by atoms with van der Waals surface area (Å²) in [5, 5.41) is 3.20. The average Bonchev–Trinajstić information content (AvgIpc) is 3.17. The first kappa shape index (κ1) is 27.4. The second-order valence-electron chi connectivity index (χ2n) is 8.59. The fourth-order valence-corrected chi connectivity index (χ4v) is 4.11. The van der Waals surface area contributed by atoms with Gasteiger partial charge in [-0.3, -0.25) is 19.4 Å². The van der Waals surface area contributed by atoms with E-state index < -0.39 is 23.9 Å². The van der Waals surface area contributed by atoms with E-state index in [9.17, 15) is 19.2 Å². The zero-order chi connectivity index (χ0) is 26.9. The molecule has 4 N–H and O–H groups in total. The van der Waals surface area contributed by atoms with E-state index in [0.717, 1.165) is 24.0 Å². The molecule has 0 saturated heterocycles. The van der Waals surface area contributed by atoms with Crippen molar-refractivity contribution < 1.29 is 23.9 Å². The van der Waals surface area contributed by atoms with Crippen LogP contribution in [-0.2, 0) is 39.0 Å². The SMILES string of the molecule is CCOC(=O)CC[C@@H](NC(=O)c1ccc(CCCc2cn(C)c3nc(N)[nH]c(=O)c23)cc1)C(=O)OCC. The number of carbonyl (C=O) groups is 3. The van der Waals surface area contributed by atoms with Gasteiger partial charge in [-0.15, -0.1) is 0 Å². The number of nitrogens with one attached hydrogen (secondary N) is 2. The second kappa shape index (κ2) is 12.7. The Morgan fingerprint density at radius 2 is 1.81 bits per heavy atom. The number of esters is 2. The summed E-state index contributed by atoms with van der Waals surface area (Å²) in [6, 6.07) is 6.13. The molecule has 0 bridgehead atoms. The molecule has 0 aliphatic rings. The van der Waals surface area contributed by atoms with Crippen molar-refractivity contribution >= 4 is 34.8 Å². The van der Waals surface area contributed by atoms with Gasteiger partial charge in [0, 0.05) is 25.2 Å². The summed E-state index contributed by atoms with van der Waals surface area (Å²) >= 11 is 0. The standard InChI is InChI=1S/C26H33N5O6/c1-4-36-20(32)14-13-19(25(35)37-5-2)28-23(33)17-11-9-16(10-12-17)7-6-8-18-15-31(3)22-21(18)24(34)30-26(27)29-22/h9-12,15,19H,4-8,13-14H2,1-3H3,(H,28,33)(H3,27,29,30,34)/t19-/m1/s1. The van der Waals surface area contributed by atoms with Crippen LogP contribution in [0.3, 0.4) is 0 Å². The number of H-pyrrole nitrogens is 1. The molecule has 2 aromatic heterocycles. The third kappa shape index (κ3) is 7.18. The van der Waals surface area contributed by atoms with Crippen LogP contribution in [0.5, 0.6) is 0 Å². The number of amides is 1. The Kier molecular flexibility index (Phi) is 9.42. The molecule has 198 valence electrons. The summed E-state index contributed by atoms with van der Waals surface area (Å²) in [6.45, 7) is 3.78. The lowest BCUT2D eigenvalue weighted by atomic mass is 10.0. The van der Waals surface area contributed by atoms with E-state index in [-0.39, 0.29) is 37.6 Å². The van der Waals surface area contributed by atoms with Gasteiger partial charge in [-0.25, -0.2) is 4.79 Å². The highest BCUT2D eigenvalue weighted by Gasteiger charge is 2.24. The molecule has 0 unspecified atom stereocenters. The summed E-state index contributed by atoms with van der Waals surface area (Å²) in [4.78, 5) is 55.8. The molecule has 0 spiro atoms. The number of aromatic amines is 1. The Morgan fingerprint density at radius 1 is 1.11 bits per heavy atom. The molecule has 1 aromatic carbocycles. The zero-order valence-electron chi connectivity index (χ0n) is 21.3. The van der Waals surface area contributed by atoms with E-state index in [1.165, 1.54) is 0 Å². The van der Waals surface area contributed by atoms with Gasteiger partial charge in [0.15, 0.2) is 0 Å². The van der Waals surface area contributed by atoms with Gasteiger partial charge in [0.1, 0.15) is 11.7 Å². The minimum absolute atomic E-state index is 0.0114. The number of aromatic nitrogens is 3. The van der Waals surface area contributed by atoms with Crippen LogP contribution >= 0.6 is 0 Å². The summed E-state index contributed by atoms with van der Waals surface area (Å²) in [5.74, 6) is -1.39. The Balaban J connectivity index is 1.59. The first-order chi connectivity index (χ1) is 17.7. The summed E-state index contributed by atoms with van der Waals surface area (Å²) in [7, 11) is 1.82. The molecule has 0 radical (unpaired) electrons. The van der Waals surface area contributed by atoms with Crippen molar-refractivity contribution in [1.82, 2.24) is 19.9 Å². The number of anilines is 1. The number of ether oxygens (including phenoxy) is 2. The van der Waals surface area contributed by atoms with Crippen LogP contribution in [-0.4, -0.2) is 51.6 Å². The molecule has 37 heavy (non-hydrogen) atoms. The Labute approximate surface area is 214 Å². The summed E-state index contributed by atoms with van der Waals surface area (Å²) < 4.78 is 11.7. The Hall–Kier alpha value is -4.15. The molecular weight excluding hydrogens is 478 g/mol.